The first-order valence-electron chi connectivity index (χ1n) is 7.76. The number of hydrogen-bond donors (Lipinski definition) is 1. The Bertz CT molecular complexity index is 634. The first kappa shape index (κ1) is 22.0. The lowest BCUT2D eigenvalue weighted by Gasteiger charge is -2.44. The Morgan fingerprint density at radius 2 is 1.63 bits per heavy atom. The molecule has 1 heterocycles. The van der Waals surface area contributed by atoms with Crippen LogP contribution in [0.4, 0.5) is 0 Å². The van der Waals surface area contributed by atoms with E-state index in [2.05, 4.69) is 15.5 Å². The molecule has 27 heavy (non-hydrogen) atoms. The van der Waals surface area contributed by atoms with Crippen molar-refractivity contribution in [2.45, 2.75) is 58.3 Å². The van der Waals surface area contributed by atoms with Gasteiger partial charge in [-0.05, 0) is 5.53 Å². The molecule has 13 nitrogen and oxygen atoms in total. The third-order valence-electron chi connectivity index (χ3n) is 3.26. The van der Waals surface area contributed by atoms with Gasteiger partial charge in [0.2, 0.25) is 12.2 Å². The van der Waals surface area contributed by atoms with E-state index in [0.717, 1.165) is 20.8 Å². The van der Waals surface area contributed by atoms with E-state index < -0.39 is 54.5 Å². The van der Waals surface area contributed by atoms with Crippen LogP contribution < -0.4 is 5.32 Å². The summed E-state index contributed by atoms with van der Waals surface area (Å²) >= 11 is 0. The number of nitrogens with zero attached hydrogens (tertiary/aromatic N) is 3. The summed E-state index contributed by atoms with van der Waals surface area (Å²) in [6.45, 7) is 4.18. The molecular formula is C14H20N4O9. The number of carbonyl (C=O) groups excluding carboxylic acids is 4. The monoisotopic (exact) mass is 388 g/mol. The molecule has 1 aliphatic heterocycles. The minimum absolute atomic E-state index is 0.381. The van der Waals surface area contributed by atoms with Gasteiger partial charge in [0, 0.05) is 32.6 Å². The van der Waals surface area contributed by atoms with Gasteiger partial charge in [-0.15, -0.1) is 0 Å². The Kier molecular flexibility index (Phi) is 8.30. The number of ether oxygens (including phenoxy) is 4. The van der Waals surface area contributed by atoms with Crippen molar-refractivity contribution in [1.29, 1.82) is 0 Å². The van der Waals surface area contributed by atoms with Crippen LogP contribution in [-0.4, -0.2) is 61.1 Å². The SMILES string of the molecule is CC(=O)N[C@H]1[C@H](ON=[N+]=[N-])O[C@H](COC(C)=O)[C@H](OC(C)=O)[C@@H]1OC(C)=O. The van der Waals surface area contributed by atoms with Crippen molar-refractivity contribution >= 4 is 23.8 Å². The molecule has 1 saturated heterocycles. The van der Waals surface area contributed by atoms with E-state index in [-0.39, 0.29) is 6.61 Å². The van der Waals surface area contributed by atoms with Crippen LogP contribution in [0.5, 0.6) is 0 Å². The predicted octanol–water partition coefficient (Wildman–Crippen LogP) is -0.116. The molecule has 0 aromatic rings. The standard InChI is InChI=1S/C14H20N4O9/c1-6(19)16-11-13(25-9(4)22)12(24-8(3)21)10(5-23-7(2)20)26-14(11)27-18-17-15/h10-14H,5H2,1-4H3,(H,16,19)/t10-,11-,12+,13-,14+/m1/s1. The molecule has 5 atom stereocenters. The molecule has 13 heteroatoms. The molecule has 0 radical (unpaired) electrons. The quantitative estimate of drug-likeness (QED) is 0.156. The van der Waals surface area contributed by atoms with Gasteiger partial charge in [0.25, 0.3) is 0 Å². The number of esters is 3. The molecule has 1 amide bonds. The summed E-state index contributed by atoms with van der Waals surface area (Å²) in [7, 11) is 0. The van der Waals surface area contributed by atoms with E-state index in [1.165, 1.54) is 6.92 Å². The first-order chi connectivity index (χ1) is 12.6. The van der Waals surface area contributed by atoms with Gasteiger partial charge in [-0.2, -0.15) is 0 Å². The molecule has 1 fully saturated rings. The van der Waals surface area contributed by atoms with Gasteiger partial charge in [-0.3, -0.25) is 19.2 Å². The summed E-state index contributed by atoms with van der Waals surface area (Å²) in [5.41, 5.74) is 8.46. The lowest BCUT2D eigenvalue weighted by Crippen LogP contribution is -2.66. The maximum Gasteiger partial charge on any atom is 0.303 e. The predicted molar refractivity (Wildman–Crippen MR) is 84.2 cm³/mol. The average molecular weight is 388 g/mol. The highest BCUT2D eigenvalue weighted by atomic mass is 16.8. The number of azide groups is 1. The second-order valence-corrected chi connectivity index (χ2v) is 5.50. The van der Waals surface area contributed by atoms with Crippen LogP contribution in [0.25, 0.3) is 10.4 Å². The summed E-state index contributed by atoms with van der Waals surface area (Å²) in [5, 5.41) is 5.37. The molecule has 1 rings (SSSR count). The lowest BCUT2D eigenvalue weighted by atomic mass is 9.96. The van der Waals surface area contributed by atoms with Crippen molar-refractivity contribution in [1.82, 2.24) is 5.32 Å². The van der Waals surface area contributed by atoms with Gasteiger partial charge in [-0.1, -0.05) is 0 Å². The highest BCUT2D eigenvalue weighted by molar-refractivity contribution is 5.73. The summed E-state index contributed by atoms with van der Waals surface area (Å²) < 4.78 is 20.8. The number of amides is 1. The minimum Gasteiger partial charge on any atom is -0.463 e. The van der Waals surface area contributed by atoms with Gasteiger partial charge in [0.1, 0.15) is 24.0 Å². The smallest absolute Gasteiger partial charge is 0.303 e. The molecule has 0 aromatic carbocycles. The molecule has 0 spiro atoms. The fraction of sp³-hybridized carbons (Fsp3) is 0.714. The Hall–Kier alpha value is -3.05. The zero-order chi connectivity index (χ0) is 20.6. The number of hydrogen-bond acceptors (Lipinski definition) is 10. The largest absolute Gasteiger partial charge is 0.463 e. The van der Waals surface area contributed by atoms with Gasteiger partial charge in [0.05, 0.1) is 0 Å². The zero-order valence-electron chi connectivity index (χ0n) is 15.1. The number of rotatable bonds is 7. The Morgan fingerprint density at radius 1 is 1.04 bits per heavy atom. The second-order valence-electron chi connectivity index (χ2n) is 5.50. The van der Waals surface area contributed by atoms with Gasteiger partial charge >= 0.3 is 17.9 Å². The molecule has 0 saturated carbocycles. The molecule has 1 aliphatic rings. The third-order valence-corrected chi connectivity index (χ3v) is 3.26. The zero-order valence-corrected chi connectivity index (χ0v) is 15.1. The van der Waals surface area contributed by atoms with Crippen molar-refractivity contribution in [3.8, 4) is 0 Å². The summed E-state index contributed by atoms with van der Waals surface area (Å²) in [5.74, 6) is -2.66. The normalized spacial score (nSPS) is 26.7. The molecule has 1 N–H and O–H groups in total. The molecule has 0 bridgehead atoms. The maximum absolute atomic E-state index is 11.5. The van der Waals surface area contributed by atoms with Gasteiger partial charge < -0.3 is 29.1 Å². The van der Waals surface area contributed by atoms with Crippen molar-refractivity contribution in [2.24, 2.45) is 5.28 Å². The van der Waals surface area contributed by atoms with E-state index in [1.54, 1.807) is 0 Å². The van der Waals surface area contributed by atoms with E-state index in [4.69, 9.17) is 29.3 Å². The number of nitrogens with one attached hydrogen (secondary N) is 1. The van der Waals surface area contributed by atoms with Crippen LogP contribution in [0.2, 0.25) is 0 Å². The fourth-order valence-corrected chi connectivity index (χ4v) is 2.45. The molecule has 150 valence electrons. The van der Waals surface area contributed by atoms with E-state index >= 15 is 0 Å². The van der Waals surface area contributed by atoms with Crippen molar-refractivity contribution in [2.75, 3.05) is 6.61 Å². The van der Waals surface area contributed by atoms with Crippen molar-refractivity contribution in [3.63, 3.8) is 0 Å². The van der Waals surface area contributed by atoms with E-state index in [9.17, 15) is 19.2 Å². The van der Waals surface area contributed by atoms with E-state index in [0.29, 0.717) is 0 Å². The topological polar surface area (TPSA) is 175 Å². The Labute approximate surface area is 153 Å². The molecule has 0 aromatic heterocycles. The molecular weight excluding hydrogens is 368 g/mol. The van der Waals surface area contributed by atoms with Crippen LogP contribution in [0.1, 0.15) is 27.7 Å². The van der Waals surface area contributed by atoms with E-state index in [1.807, 2.05) is 0 Å². The van der Waals surface area contributed by atoms with Crippen LogP contribution in [0.3, 0.4) is 0 Å². The van der Waals surface area contributed by atoms with Gasteiger partial charge in [-0.25, -0.2) is 0 Å². The molecule has 0 unspecified atom stereocenters. The highest BCUT2D eigenvalue weighted by Gasteiger charge is 2.51. The van der Waals surface area contributed by atoms with Crippen molar-refractivity contribution < 1.29 is 43.0 Å². The summed E-state index contributed by atoms with van der Waals surface area (Å²) in [4.78, 5) is 53.0. The Morgan fingerprint density at radius 3 is 2.11 bits per heavy atom. The second kappa shape index (κ2) is 10.2. The highest BCUT2D eigenvalue weighted by Crippen LogP contribution is 2.28. The summed E-state index contributed by atoms with van der Waals surface area (Å²) in [6, 6.07) is -1.19. The lowest BCUT2D eigenvalue weighted by molar-refractivity contribution is -0.278. The first-order valence-corrected chi connectivity index (χ1v) is 7.76. The van der Waals surface area contributed by atoms with Crippen LogP contribution in [-0.2, 0) is 43.0 Å². The minimum atomic E-state index is -1.42. The average Bonchev–Trinajstić information content (AvgIpc) is 2.54. The van der Waals surface area contributed by atoms with Gasteiger partial charge in [0.15, 0.2) is 12.2 Å². The third kappa shape index (κ3) is 6.99. The maximum atomic E-state index is 11.5. The molecule has 0 aliphatic carbocycles. The van der Waals surface area contributed by atoms with Crippen LogP contribution in [0.15, 0.2) is 5.28 Å². The van der Waals surface area contributed by atoms with Crippen LogP contribution in [0, 0.1) is 0 Å². The van der Waals surface area contributed by atoms with Crippen molar-refractivity contribution in [3.05, 3.63) is 10.4 Å². The number of carbonyl (C=O) groups is 4. The summed E-state index contributed by atoms with van der Waals surface area (Å²) in [6.07, 6.45) is -5.07. The van der Waals surface area contributed by atoms with Crippen LogP contribution >= 0.6 is 0 Å². The Balaban J connectivity index is 3.28. The fourth-order valence-electron chi connectivity index (χ4n) is 2.45.